The normalized spacial score (nSPS) is 18.3. The molecule has 1 aliphatic carbocycles. The van der Waals surface area contributed by atoms with E-state index >= 15 is 0 Å². The minimum absolute atomic E-state index is 0.170. The lowest BCUT2D eigenvalue weighted by molar-refractivity contribution is -0.127. The molecule has 0 aliphatic heterocycles. The molecule has 0 aromatic heterocycles. The first-order valence-corrected chi connectivity index (χ1v) is 6.96. The minimum atomic E-state index is -0.552. The van der Waals surface area contributed by atoms with E-state index in [0.29, 0.717) is 24.4 Å². The van der Waals surface area contributed by atoms with Gasteiger partial charge in [0.25, 0.3) is 0 Å². The van der Waals surface area contributed by atoms with E-state index in [0.717, 1.165) is 0 Å². The number of nitrogens with zero attached hydrogens (tertiary/aromatic N) is 1. The van der Waals surface area contributed by atoms with E-state index in [9.17, 15) is 9.59 Å². The topological polar surface area (TPSA) is 61.4 Å². The summed E-state index contributed by atoms with van der Waals surface area (Å²) in [6.07, 6.45) is 2.50. The highest BCUT2D eigenvalue weighted by molar-refractivity contribution is 7.80. The molecule has 1 rings (SSSR count). The predicted octanol–water partition coefficient (Wildman–Crippen LogP) is 0.0198. The minimum Gasteiger partial charge on any atom is -0.353 e. The number of nitrogens with one attached hydrogen (secondary N) is 2. The molecule has 0 spiro atoms. The lowest BCUT2D eigenvalue weighted by atomic mass is 10.2. The number of hydrogen-bond acceptors (Lipinski definition) is 4. The van der Waals surface area contributed by atoms with Crippen LogP contribution in [0.5, 0.6) is 0 Å². The number of thiol groups is 1. The first-order valence-electron chi connectivity index (χ1n) is 6.33. The summed E-state index contributed by atoms with van der Waals surface area (Å²) in [5.41, 5.74) is 0. The van der Waals surface area contributed by atoms with Crippen LogP contribution in [-0.2, 0) is 9.59 Å². The third-order valence-corrected chi connectivity index (χ3v) is 3.63. The largest absolute Gasteiger partial charge is 0.353 e. The number of carbonyl (C=O) groups excluding carboxylic acids is 2. The zero-order valence-electron chi connectivity index (χ0n) is 11.3. The molecule has 0 saturated heterocycles. The molecule has 1 aliphatic rings. The number of carbonyl (C=O) groups is 2. The van der Waals surface area contributed by atoms with Crippen LogP contribution >= 0.6 is 12.6 Å². The van der Waals surface area contributed by atoms with Gasteiger partial charge < -0.3 is 10.6 Å². The summed E-state index contributed by atoms with van der Waals surface area (Å²) in [6, 6.07) is 0.427. The molecule has 18 heavy (non-hydrogen) atoms. The average molecular weight is 273 g/mol. The number of hydrogen-bond donors (Lipinski definition) is 3. The summed E-state index contributed by atoms with van der Waals surface area (Å²) >= 11 is 4.07. The van der Waals surface area contributed by atoms with E-state index in [4.69, 9.17) is 0 Å². The first-order chi connectivity index (χ1) is 8.45. The van der Waals surface area contributed by atoms with Gasteiger partial charge in [-0.25, -0.2) is 0 Å². The SMILES string of the molecule is CC(=O)NC(CS)C(=O)NCC(C)N(C)C1CC1. The van der Waals surface area contributed by atoms with Crippen LogP contribution in [0.15, 0.2) is 0 Å². The summed E-state index contributed by atoms with van der Waals surface area (Å²) in [5, 5.41) is 5.43. The van der Waals surface area contributed by atoms with Crippen molar-refractivity contribution in [1.29, 1.82) is 0 Å². The smallest absolute Gasteiger partial charge is 0.243 e. The zero-order valence-corrected chi connectivity index (χ0v) is 12.2. The highest BCUT2D eigenvalue weighted by Gasteiger charge is 2.29. The van der Waals surface area contributed by atoms with Crippen molar-refractivity contribution in [2.24, 2.45) is 0 Å². The summed E-state index contributed by atoms with van der Waals surface area (Å²) in [6.45, 7) is 4.08. The van der Waals surface area contributed by atoms with E-state index in [2.05, 4.69) is 42.1 Å². The van der Waals surface area contributed by atoms with Crippen molar-refractivity contribution >= 4 is 24.4 Å². The maximum absolute atomic E-state index is 11.8. The van der Waals surface area contributed by atoms with Gasteiger partial charge in [0.1, 0.15) is 6.04 Å². The Morgan fingerprint density at radius 3 is 2.50 bits per heavy atom. The van der Waals surface area contributed by atoms with Gasteiger partial charge in [0.2, 0.25) is 11.8 Å². The lowest BCUT2D eigenvalue weighted by Gasteiger charge is -2.25. The lowest BCUT2D eigenvalue weighted by Crippen LogP contribution is -2.50. The van der Waals surface area contributed by atoms with Crippen molar-refractivity contribution in [3.05, 3.63) is 0 Å². The molecule has 5 nitrogen and oxygen atoms in total. The van der Waals surface area contributed by atoms with Gasteiger partial charge in [-0.15, -0.1) is 0 Å². The standard InChI is InChI=1S/C12H23N3O2S/c1-8(15(3)10-4-5-10)6-13-12(17)11(7-18)14-9(2)16/h8,10-11,18H,4-7H2,1-3H3,(H,13,17)(H,14,16). The second-order valence-corrected chi connectivity index (χ2v) is 5.29. The Balaban J connectivity index is 2.31. The van der Waals surface area contributed by atoms with Crippen LogP contribution in [0.25, 0.3) is 0 Å². The molecule has 2 unspecified atom stereocenters. The van der Waals surface area contributed by atoms with Gasteiger partial charge >= 0.3 is 0 Å². The molecular formula is C12H23N3O2S. The second kappa shape index (κ2) is 6.99. The third-order valence-electron chi connectivity index (χ3n) is 3.27. The molecule has 1 saturated carbocycles. The highest BCUT2D eigenvalue weighted by Crippen LogP contribution is 2.26. The van der Waals surface area contributed by atoms with E-state index in [1.165, 1.54) is 19.8 Å². The maximum Gasteiger partial charge on any atom is 0.243 e. The van der Waals surface area contributed by atoms with Crippen LogP contribution in [0, 0.1) is 0 Å². The fourth-order valence-corrected chi connectivity index (χ4v) is 2.05. The van der Waals surface area contributed by atoms with Crippen molar-refractivity contribution in [1.82, 2.24) is 15.5 Å². The van der Waals surface area contributed by atoms with Crippen molar-refractivity contribution in [3.63, 3.8) is 0 Å². The molecule has 2 amide bonds. The molecule has 2 N–H and O–H groups in total. The van der Waals surface area contributed by atoms with Gasteiger partial charge in [0, 0.05) is 31.3 Å². The molecular weight excluding hydrogens is 250 g/mol. The first kappa shape index (κ1) is 15.3. The van der Waals surface area contributed by atoms with Gasteiger partial charge in [-0.3, -0.25) is 14.5 Å². The van der Waals surface area contributed by atoms with E-state index in [1.807, 2.05) is 0 Å². The van der Waals surface area contributed by atoms with Gasteiger partial charge in [-0.1, -0.05) is 0 Å². The molecule has 104 valence electrons. The Hall–Kier alpha value is -0.750. The molecule has 1 fully saturated rings. The fraction of sp³-hybridized carbons (Fsp3) is 0.833. The van der Waals surface area contributed by atoms with Crippen molar-refractivity contribution < 1.29 is 9.59 Å². The second-order valence-electron chi connectivity index (χ2n) is 4.93. The molecule has 2 atom stereocenters. The molecule has 0 bridgehead atoms. The van der Waals surface area contributed by atoms with E-state index in [-0.39, 0.29) is 11.8 Å². The van der Waals surface area contributed by atoms with Crippen LogP contribution in [0.1, 0.15) is 26.7 Å². The number of rotatable bonds is 7. The van der Waals surface area contributed by atoms with Crippen molar-refractivity contribution in [2.45, 2.75) is 44.8 Å². The molecule has 6 heteroatoms. The van der Waals surface area contributed by atoms with Crippen LogP contribution in [0.3, 0.4) is 0 Å². The van der Waals surface area contributed by atoms with Crippen LogP contribution in [-0.4, -0.2) is 54.2 Å². The molecule has 0 heterocycles. The summed E-state index contributed by atoms with van der Waals surface area (Å²) < 4.78 is 0. The maximum atomic E-state index is 11.8. The highest BCUT2D eigenvalue weighted by atomic mass is 32.1. The quantitative estimate of drug-likeness (QED) is 0.573. The number of likely N-dealkylation sites (N-methyl/N-ethyl adjacent to an activating group) is 1. The van der Waals surface area contributed by atoms with Crippen LogP contribution in [0.2, 0.25) is 0 Å². The monoisotopic (exact) mass is 273 g/mol. The third kappa shape index (κ3) is 4.86. The Bertz CT molecular complexity index is 308. The summed E-state index contributed by atoms with van der Waals surface area (Å²) in [5.74, 6) is -0.0817. The van der Waals surface area contributed by atoms with Gasteiger partial charge in [-0.2, -0.15) is 12.6 Å². The Morgan fingerprint density at radius 1 is 1.44 bits per heavy atom. The van der Waals surface area contributed by atoms with Gasteiger partial charge in [0.05, 0.1) is 0 Å². The Kier molecular flexibility index (Phi) is 5.95. The number of amides is 2. The zero-order chi connectivity index (χ0) is 13.7. The molecule has 0 radical (unpaired) electrons. The van der Waals surface area contributed by atoms with E-state index < -0.39 is 6.04 Å². The van der Waals surface area contributed by atoms with Gasteiger partial charge in [0.15, 0.2) is 0 Å². The van der Waals surface area contributed by atoms with E-state index in [1.54, 1.807) is 0 Å². The Labute approximate surface area is 114 Å². The van der Waals surface area contributed by atoms with Gasteiger partial charge in [-0.05, 0) is 26.8 Å². The van der Waals surface area contributed by atoms with Crippen LogP contribution < -0.4 is 10.6 Å². The summed E-state index contributed by atoms with van der Waals surface area (Å²) in [4.78, 5) is 25.0. The van der Waals surface area contributed by atoms with Crippen molar-refractivity contribution in [2.75, 3.05) is 19.3 Å². The molecule has 0 aromatic rings. The average Bonchev–Trinajstić information content (AvgIpc) is 3.15. The predicted molar refractivity (Wildman–Crippen MR) is 74.7 cm³/mol. The van der Waals surface area contributed by atoms with Crippen LogP contribution in [0.4, 0.5) is 0 Å². The fourth-order valence-electron chi connectivity index (χ4n) is 1.80. The summed E-state index contributed by atoms with van der Waals surface area (Å²) in [7, 11) is 2.08. The molecule has 0 aromatic carbocycles. The Morgan fingerprint density at radius 2 is 2.06 bits per heavy atom. The van der Waals surface area contributed by atoms with Crippen molar-refractivity contribution in [3.8, 4) is 0 Å².